The number of nitrogens with one attached hydrogen (secondary N) is 1. The van der Waals surface area contributed by atoms with Gasteiger partial charge < -0.3 is 11.1 Å². The molecule has 0 spiro atoms. The number of hydrogen-bond donors (Lipinski definition) is 2. The molecule has 3 N–H and O–H groups in total. The first-order valence-electron chi connectivity index (χ1n) is 6.24. The minimum atomic E-state index is 0.124. The molecule has 0 saturated heterocycles. The molecule has 0 aliphatic carbocycles. The van der Waals surface area contributed by atoms with Crippen LogP contribution in [0, 0.1) is 0 Å². The van der Waals surface area contributed by atoms with Crippen LogP contribution in [-0.4, -0.2) is 18.5 Å². The van der Waals surface area contributed by atoms with E-state index in [0.29, 0.717) is 6.42 Å². The van der Waals surface area contributed by atoms with Crippen LogP contribution in [0.15, 0.2) is 30.3 Å². The van der Waals surface area contributed by atoms with Gasteiger partial charge in [0.25, 0.3) is 0 Å². The summed E-state index contributed by atoms with van der Waals surface area (Å²) >= 11 is 0. The minimum Gasteiger partial charge on any atom is -0.356 e. The molecule has 1 amide bonds. The van der Waals surface area contributed by atoms with Crippen molar-refractivity contribution in [3.8, 4) is 0 Å². The van der Waals surface area contributed by atoms with Crippen LogP contribution in [0.4, 0.5) is 0 Å². The van der Waals surface area contributed by atoms with Crippen molar-refractivity contribution in [2.75, 3.05) is 6.54 Å². The molecule has 0 heterocycles. The molecule has 0 bridgehead atoms. The molecule has 1 unspecified atom stereocenters. The Balaban J connectivity index is 2.09. The van der Waals surface area contributed by atoms with Gasteiger partial charge in [0.2, 0.25) is 5.91 Å². The third-order valence-corrected chi connectivity index (χ3v) is 2.64. The lowest BCUT2D eigenvalue weighted by molar-refractivity contribution is -0.121. The summed E-state index contributed by atoms with van der Waals surface area (Å²) in [6.45, 7) is 2.71. The van der Waals surface area contributed by atoms with Gasteiger partial charge in [-0.1, -0.05) is 30.3 Å². The molecule has 1 atom stereocenters. The molecule has 3 heteroatoms. The summed E-state index contributed by atoms with van der Waals surface area (Å²) in [5, 5.41) is 2.91. The summed E-state index contributed by atoms with van der Waals surface area (Å²) < 4.78 is 0. The molecule has 0 radical (unpaired) electrons. The molecule has 1 aromatic carbocycles. The fraction of sp³-hybridized carbons (Fsp3) is 0.500. The lowest BCUT2D eigenvalue weighted by atomic mass is 10.1. The highest BCUT2D eigenvalue weighted by molar-refractivity contribution is 5.76. The van der Waals surface area contributed by atoms with Crippen molar-refractivity contribution in [3.63, 3.8) is 0 Å². The van der Waals surface area contributed by atoms with Gasteiger partial charge in [0.15, 0.2) is 0 Å². The van der Waals surface area contributed by atoms with Crippen LogP contribution < -0.4 is 11.1 Å². The molecule has 17 heavy (non-hydrogen) atoms. The van der Waals surface area contributed by atoms with E-state index in [4.69, 9.17) is 5.73 Å². The van der Waals surface area contributed by atoms with Gasteiger partial charge in [-0.3, -0.25) is 4.79 Å². The lowest BCUT2D eigenvalue weighted by Crippen LogP contribution is -2.26. The van der Waals surface area contributed by atoms with Gasteiger partial charge in [0, 0.05) is 19.0 Å². The van der Waals surface area contributed by atoms with Gasteiger partial charge in [0.05, 0.1) is 0 Å². The van der Waals surface area contributed by atoms with Gasteiger partial charge in [-0.15, -0.1) is 0 Å². The largest absolute Gasteiger partial charge is 0.356 e. The molecule has 0 aliphatic rings. The SMILES string of the molecule is CC(N)CCCNC(=O)CCc1ccccc1. The second kappa shape index (κ2) is 7.85. The van der Waals surface area contributed by atoms with Gasteiger partial charge in [-0.25, -0.2) is 0 Å². The Hall–Kier alpha value is -1.35. The maximum atomic E-state index is 11.5. The summed E-state index contributed by atoms with van der Waals surface area (Å²) in [6.07, 6.45) is 3.27. The zero-order valence-electron chi connectivity index (χ0n) is 10.5. The number of nitrogens with two attached hydrogens (primary N) is 1. The second-order valence-corrected chi connectivity index (χ2v) is 4.46. The van der Waals surface area contributed by atoms with Gasteiger partial charge in [0.1, 0.15) is 0 Å². The van der Waals surface area contributed by atoms with Crippen LogP contribution >= 0.6 is 0 Å². The third-order valence-electron chi connectivity index (χ3n) is 2.64. The van der Waals surface area contributed by atoms with E-state index in [1.165, 1.54) is 5.56 Å². The molecule has 1 aromatic rings. The van der Waals surface area contributed by atoms with E-state index in [1.807, 2.05) is 37.3 Å². The Bertz CT molecular complexity index is 322. The van der Waals surface area contributed by atoms with Gasteiger partial charge in [-0.05, 0) is 31.7 Å². The Morgan fingerprint density at radius 2 is 2.06 bits per heavy atom. The van der Waals surface area contributed by atoms with Crippen molar-refractivity contribution in [1.82, 2.24) is 5.32 Å². The normalized spacial score (nSPS) is 12.1. The maximum absolute atomic E-state index is 11.5. The standard InChI is InChI=1S/C14H22N2O/c1-12(15)6-5-11-16-14(17)10-9-13-7-3-2-4-8-13/h2-4,7-8,12H,5-6,9-11,15H2,1H3,(H,16,17). The van der Waals surface area contributed by atoms with E-state index < -0.39 is 0 Å². The summed E-state index contributed by atoms with van der Waals surface area (Å²) in [6, 6.07) is 10.3. The van der Waals surface area contributed by atoms with E-state index in [2.05, 4.69) is 5.32 Å². The molecule has 0 saturated carbocycles. The number of amides is 1. The topological polar surface area (TPSA) is 55.1 Å². The van der Waals surface area contributed by atoms with Crippen molar-refractivity contribution >= 4 is 5.91 Å². The van der Waals surface area contributed by atoms with Crippen LogP contribution in [-0.2, 0) is 11.2 Å². The molecule has 0 fully saturated rings. The summed E-state index contributed by atoms with van der Waals surface area (Å²) in [5.74, 6) is 0.124. The van der Waals surface area contributed by atoms with Crippen molar-refractivity contribution in [1.29, 1.82) is 0 Å². The quantitative estimate of drug-likeness (QED) is 0.708. The number of carbonyl (C=O) groups is 1. The number of carbonyl (C=O) groups excluding carboxylic acids is 1. The van der Waals surface area contributed by atoms with Crippen LogP contribution in [0.25, 0.3) is 0 Å². The second-order valence-electron chi connectivity index (χ2n) is 4.46. The smallest absolute Gasteiger partial charge is 0.220 e. The number of hydrogen-bond acceptors (Lipinski definition) is 2. The van der Waals surface area contributed by atoms with Crippen molar-refractivity contribution in [2.24, 2.45) is 5.73 Å². The Labute approximate surface area is 103 Å². The minimum absolute atomic E-state index is 0.124. The number of aryl methyl sites for hydroxylation is 1. The highest BCUT2D eigenvalue weighted by Gasteiger charge is 2.01. The van der Waals surface area contributed by atoms with Crippen molar-refractivity contribution in [3.05, 3.63) is 35.9 Å². The average Bonchev–Trinajstić information content (AvgIpc) is 2.33. The van der Waals surface area contributed by atoms with Gasteiger partial charge in [-0.2, -0.15) is 0 Å². The Morgan fingerprint density at radius 3 is 2.71 bits per heavy atom. The predicted molar refractivity (Wildman–Crippen MR) is 70.7 cm³/mol. The molecule has 1 rings (SSSR count). The fourth-order valence-electron chi connectivity index (χ4n) is 1.64. The first kappa shape index (κ1) is 13.7. The molecular formula is C14H22N2O. The Morgan fingerprint density at radius 1 is 1.35 bits per heavy atom. The highest BCUT2D eigenvalue weighted by Crippen LogP contribution is 2.02. The van der Waals surface area contributed by atoms with Crippen molar-refractivity contribution in [2.45, 2.75) is 38.6 Å². The summed E-state index contributed by atoms with van der Waals surface area (Å²) in [5.41, 5.74) is 6.84. The van der Waals surface area contributed by atoms with E-state index >= 15 is 0 Å². The summed E-state index contributed by atoms with van der Waals surface area (Å²) in [7, 11) is 0. The van der Waals surface area contributed by atoms with Crippen molar-refractivity contribution < 1.29 is 4.79 Å². The summed E-state index contributed by atoms with van der Waals surface area (Å²) in [4.78, 5) is 11.5. The van der Waals surface area contributed by atoms with Gasteiger partial charge >= 0.3 is 0 Å². The first-order valence-corrected chi connectivity index (χ1v) is 6.24. The molecule has 0 aliphatic heterocycles. The van der Waals surface area contributed by atoms with E-state index in [0.717, 1.165) is 25.8 Å². The third kappa shape index (κ3) is 6.74. The zero-order valence-corrected chi connectivity index (χ0v) is 10.5. The van der Waals surface area contributed by atoms with E-state index in [9.17, 15) is 4.79 Å². The predicted octanol–water partition coefficient (Wildman–Crippen LogP) is 1.86. The van der Waals surface area contributed by atoms with E-state index in [-0.39, 0.29) is 11.9 Å². The maximum Gasteiger partial charge on any atom is 0.220 e. The van der Waals surface area contributed by atoms with Crippen LogP contribution in [0.1, 0.15) is 31.7 Å². The first-order chi connectivity index (χ1) is 8.18. The molecule has 94 valence electrons. The van der Waals surface area contributed by atoms with Crippen LogP contribution in [0.2, 0.25) is 0 Å². The average molecular weight is 234 g/mol. The molecular weight excluding hydrogens is 212 g/mol. The highest BCUT2D eigenvalue weighted by atomic mass is 16.1. The molecule has 0 aromatic heterocycles. The number of benzene rings is 1. The number of rotatable bonds is 7. The Kier molecular flexibility index (Phi) is 6.33. The van der Waals surface area contributed by atoms with Crippen LogP contribution in [0.3, 0.4) is 0 Å². The van der Waals surface area contributed by atoms with Crippen LogP contribution in [0.5, 0.6) is 0 Å². The molecule has 3 nitrogen and oxygen atoms in total. The lowest BCUT2D eigenvalue weighted by Gasteiger charge is -2.07. The fourth-order valence-corrected chi connectivity index (χ4v) is 1.64. The zero-order chi connectivity index (χ0) is 12.5. The monoisotopic (exact) mass is 234 g/mol. The van der Waals surface area contributed by atoms with E-state index in [1.54, 1.807) is 0 Å².